The molecule has 0 aromatic heterocycles. The lowest BCUT2D eigenvalue weighted by Gasteiger charge is -2.33. The average molecular weight is 225 g/mol. The molecule has 2 saturated carbocycles. The Bertz CT molecular complexity index is 257. The monoisotopic (exact) mass is 225 g/mol. The van der Waals surface area contributed by atoms with E-state index in [9.17, 15) is 4.79 Å². The van der Waals surface area contributed by atoms with E-state index in [2.05, 4.69) is 5.32 Å². The van der Waals surface area contributed by atoms with Crippen molar-refractivity contribution >= 4 is 5.91 Å². The molecule has 0 aromatic carbocycles. The van der Waals surface area contributed by atoms with E-state index in [1.54, 1.807) is 0 Å². The Labute approximate surface area is 97.1 Å². The molecule has 0 heterocycles. The van der Waals surface area contributed by atoms with Crippen LogP contribution in [0.4, 0.5) is 0 Å². The zero-order valence-corrected chi connectivity index (χ0v) is 9.87. The fraction of sp³-hybridized carbons (Fsp3) is 0.917. The molecule has 0 aromatic rings. The van der Waals surface area contributed by atoms with E-state index in [4.69, 9.17) is 11.5 Å². The van der Waals surface area contributed by atoms with Crippen molar-refractivity contribution in [2.75, 3.05) is 6.54 Å². The molecule has 16 heavy (non-hydrogen) atoms. The number of nitrogens with one attached hydrogen (secondary N) is 1. The van der Waals surface area contributed by atoms with Crippen LogP contribution in [0, 0.1) is 5.92 Å². The maximum Gasteiger partial charge on any atom is 0.240 e. The van der Waals surface area contributed by atoms with Gasteiger partial charge < -0.3 is 16.8 Å². The molecule has 5 N–H and O–H groups in total. The third-order valence-corrected chi connectivity index (χ3v) is 3.96. The number of rotatable bonds is 4. The number of carbonyl (C=O) groups is 1. The molecule has 0 aliphatic heterocycles. The van der Waals surface area contributed by atoms with Crippen LogP contribution in [0.25, 0.3) is 0 Å². The van der Waals surface area contributed by atoms with Crippen molar-refractivity contribution in [3.8, 4) is 0 Å². The van der Waals surface area contributed by atoms with Gasteiger partial charge in [0.15, 0.2) is 0 Å². The van der Waals surface area contributed by atoms with Crippen LogP contribution in [0.5, 0.6) is 0 Å². The van der Waals surface area contributed by atoms with Crippen molar-refractivity contribution in [3.63, 3.8) is 0 Å². The fourth-order valence-electron chi connectivity index (χ4n) is 2.59. The van der Waals surface area contributed by atoms with Gasteiger partial charge in [-0.1, -0.05) is 19.3 Å². The molecule has 4 heteroatoms. The second-order valence-corrected chi connectivity index (χ2v) is 5.37. The first kappa shape index (κ1) is 11.9. The molecule has 1 atom stereocenters. The summed E-state index contributed by atoms with van der Waals surface area (Å²) < 4.78 is 0. The van der Waals surface area contributed by atoms with Crippen LogP contribution in [-0.2, 0) is 4.79 Å². The third kappa shape index (κ3) is 2.55. The molecule has 2 rings (SSSR count). The highest BCUT2D eigenvalue weighted by Gasteiger charge is 2.38. The maximum absolute atomic E-state index is 12.1. The number of nitrogens with two attached hydrogens (primary N) is 2. The second-order valence-electron chi connectivity index (χ2n) is 5.37. The highest BCUT2D eigenvalue weighted by atomic mass is 16.2. The lowest BCUT2D eigenvalue weighted by Crippen LogP contribution is -2.58. The molecule has 0 spiro atoms. The molecule has 2 aliphatic rings. The number of carbonyl (C=O) groups excluding carboxylic acids is 1. The summed E-state index contributed by atoms with van der Waals surface area (Å²) in [5, 5.41) is 3.05. The first-order chi connectivity index (χ1) is 7.65. The Morgan fingerprint density at radius 2 is 1.94 bits per heavy atom. The van der Waals surface area contributed by atoms with Crippen LogP contribution in [0.3, 0.4) is 0 Å². The van der Waals surface area contributed by atoms with E-state index in [0.717, 1.165) is 25.7 Å². The van der Waals surface area contributed by atoms with Crippen LogP contribution >= 0.6 is 0 Å². The molecule has 0 saturated heterocycles. The minimum absolute atomic E-state index is 0.0227. The summed E-state index contributed by atoms with van der Waals surface area (Å²) in [6, 6.07) is 0.148. The van der Waals surface area contributed by atoms with E-state index in [1.807, 2.05) is 0 Å². The van der Waals surface area contributed by atoms with Crippen molar-refractivity contribution in [3.05, 3.63) is 0 Å². The first-order valence-corrected chi connectivity index (χ1v) is 6.45. The summed E-state index contributed by atoms with van der Waals surface area (Å²) in [7, 11) is 0. The lowest BCUT2D eigenvalue weighted by molar-refractivity contribution is -0.128. The summed E-state index contributed by atoms with van der Waals surface area (Å²) in [4.78, 5) is 12.1. The Balaban J connectivity index is 1.89. The van der Waals surface area contributed by atoms with Crippen molar-refractivity contribution in [2.24, 2.45) is 17.4 Å². The van der Waals surface area contributed by atoms with Gasteiger partial charge in [0.2, 0.25) is 5.91 Å². The summed E-state index contributed by atoms with van der Waals surface area (Å²) in [6.45, 7) is 0.534. The van der Waals surface area contributed by atoms with Gasteiger partial charge >= 0.3 is 0 Å². The molecular weight excluding hydrogens is 202 g/mol. The van der Waals surface area contributed by atoms with Crippen molar-refractivity contribution < 1.29 is 4.79 Å². The molecule has 1 unspecified atom stereocenters. The van der Waals surface area contributed by atoms with Crippen LogP contribution in [0.15, 0.2) is 0 Å². The lowest BCUT2D eigenvalue weighted by atomic mass is 9.81. The fourth-order valence-corrected chi connectivity index (χ4v) is 2.59. The van der Waals surface area contributed by atoms with Gasteiger partial charge in [0.05, 0.1) is 5.54 Å². The molecule has 1 amide bonds. The van der Waals surface area contributed by atoms with E-state index >= 15 is 0 Å². The van der Waals surface area contributed by atoms with Gasteiger partial charge in [-0.3, -0.25) is 4.79 Å². The van der Waals surface area contributed by atoms with Crippen molar-refractivity contribution in [1.29, 1.82) is 0 Å². The quantitative estimate of drug-likeness (QED) is 0.651. The van der Waals surface area contributed by atoms with Gasteiger partial charge in [-0.25, -0.2) is 0 Å². The Kier molecular flexibility index (Phi) is 3.50. The molecule has 92 valence electrons. The first-order valence-electron chi connectivity index (χ1n) is 6.45. The SMILES string of the molecule is NCC(NC(=O)C1(N)CCCCC1)C1CC1. The van der Waals surface area contributed by atoms with E-state index in [1.165, 1.54) is 19.3 Å². The molecule has 2 aliphatic carbocycles. The van der Waals surface area contributed by atoms with Crippen molar-refractivity contribution in [1.82, 2.24) is 5.32 Å². The predicted octanol–water partition coefficient (Wildman–Crippen LogP) is 0.502. The number of amides is 1. The van der Waals surface area contributed by atoms with Gasteiger partial charge in [-0.15, -0.1) is 0 Å². The number of hydrogen-bond acceptors (Lipinski definition) is 3. The zero-order valence-electron chi connectivity index (χ0n) is 9.87. The van der Waals surface area contributed by atoms with Gasteiger partial charge in [-0.2, -0.15) is 0 Å². The summed E-state index contributed by atoms with van der Waals surface area (Å²) in [5.41, 5.74) is 11.2. The van der Waals surface area contributed by atoms with Crippen LogP contribution in [-0.4, -0.2) is 24.0 Å². The highest BCUT2D eigenvalue weighted by molar-refractivity contribution is 5.86. The predicted molar refractivity (Wildman–Crippen MR) is 63.7 cm³/mol. The van der Waals surface area contributed by atoms with E-state index < -0.39 is 5.54 Å². The van der Waals surface area contributed by atoms with Gasteiger partial charge in [-0.05, 0) is 31.6 Å². The minimum Gasteiger partial charge on any atom is -0.350 e. The summed E-state index contributed by atoms with van der Waals surface area (Å²) in [6.07, 6.45) is 7.37. The Morgan fingerprint density at radius 3 is 2.44 bits per heavy atom. The summed E-state index contributed by atoms with van der Waals surface area (Å²) in [5.74, 6) is 0.621. The topological polar surface area (TPSA) is 81.1 Å². The largest absolute Gasteiger partial charge is 0.350 e. The molecule has 4 nitrogen and oxygen atoms in total. The zero-order chi connectivity index (χ0) is 11.6. The van der Waals surface area contributed by atoms with Crippen LogP contribution in [0.1, 0.15) is 44.9 Å². The summed E-state index contributed by atoms with van der Waals surface area (Å²) >= 11 is 0. The third-order valence-electron chi connectivity index (χ3n) is 3.96. The molecule has 2 fully saturated rings. The van der Waals surface area contributed by atoms with Gasteiger partial charge in [0.1, 0.15) is 0 Å². The van der Waals surface area contributed by atoms with Gasteiger partial charge in [0, 0.05) is 12.6 Å². The highest BCUT2D eigenvalue weighted by Crippen LogP contribution is 2.33. The Hall–Kier alpha value is -0.610. The normalized spacial score (nSPS) is 26.1. The molecule has 0 bridgehead atoms. The van der Waals surface area contributed by atoms with Gasteiger partial charge in [0.25, 0.3) is 0 Å². The number of hydrogen-bond donors (Lipinski definition) is 3. The van der Waals surface area contributed by atoms with E-state index in [-0.39, 0.29) is 11.9 Å². The standard InChI is InChI=1S/C12H23N3O/c13-8-10(9-4-5-9)15-11(16)12(14)6-2-1-3-7-12/h9-10H,1-8,13-14H2,(H,15,16). The Morgan fingerprint density at radius 1 is 1.31 bits per heavy atom. The smallest absolute Gasteiger partial charge is 0.240 e. The van der Waals surface area contributed by atoms with E-state index in [0.29, 0.717) is 12.5 Å². The minimum atomic E-state index is -0.624. The molecule has 0 radical (unpaired) electrons. The average Bonchev–Trinajstić information content (AvgIpc) is 3.10. The van der Waals surface area contributed by atoms with Crippen molar-refractivity contribution in [2.45, 2.75) is 56.5 Å². The van der Waals surface area contributed by atoms with Crippen LogP contribution < -0.4 is 16.8 Å². The second kappa shape index (κ2) is 4.72. The van der Waals surface area contributed by atoms with Crippen LogP contribution in [0.2, 0.25) is 0 Å². The molecular formula is C12H23N3O. The maximum atomic E-state index is 12.1.